The van der Waals surface area contributed by atoms with Gasteiger partial charge in [0.2, 0.25) is 11.8 Å². The molecule has 1 rings (SSSR count). The summed E-state index contributed by atoms with van der Waals surface area (Å²) >= 11 is 1.41. The van der Waals surface area contributed by atoms with Gasteiger partial charge in [-0.25, -0.2) is 0 Å². The van der Waals surface area contributed by atoms with Crippen molar-refractivity contribution in [2.75, 3.05) is 12.8 Å². The fraction of sp³-hybridized carbons (Fsp3) is 0.727. The Morgan fingerprint density at radius 1 is 1.50 bits per heavy atom. The Morgan fingerprint density at radius 3 is 2.69 bits per heavy atom. The van der Waals surface area contributed by atoms with E-state index in [1.165, 1.54) is 16.7 Å². The van der Waals surface area contributed by atoms with Crippen LogP contribution in [0.3, 0.4) is 0 Å². The topological polar surface area (TPSA) is 54.5 Å². The first-order valence-electron chi connectivity index (χ1n) is 5.48. The van der Waals surface area contributed by atoms with E-state index in [4.69, 9.17) is 0 Å². The van der Waals surface area contributed by atoms with Crippen molar-refractivity contribution >= 4 is 29.4 Å². The minimum atomic E-state index is -0.214. The summed E-state index contributed by atoms with van der Waals surface area (Å²) in [6.07, 6.45) is 3.71. The van der Waals surface area contributed by atoms with Crippen LogP contribution in [0.4, 0.5) is 0 Å². The molecule has 1 heterocycles. The Labute approximate surface area is 99.8 Å². The van der Waals surface area contributed by atoms with Gasteiger partial charge in [-0.2, -0.15) is 11.8 Å². The number of ketones is 1. The van der Waals surface area contributed by atoms with E-state index in [0.29, 0.717) is 32.2 Å². The van der Waals surface area contributed by atoms with Crippen molar-refractivity contribution < 1.29 is 14.4 Å². The molecule has 1 aliphatic rings. The number of rotatable bonds is 6. The van der Waals surface area contributed by atoms with E-state index in [0.717, 1.165) is 0 Å². The second kappa shape index (κ2) is 6.03. The zero-order valence-corrected chi connectivity index (χ0v) is 10.5. The van der Waals surface area contributed by atoms with Crippen molar-refractivity contribution in [3.63, 3.8) is 0 Å². The SMILES string of the molecule is CCC(=O)CCCN1C(=O)CC(SC)C1=O. The number of amides is 2. The van der Waals surface area contributed by atoms with Gasteiger partial charge in [0.25, 0.3) is 0 Å². The average molecular weight is 243 g/mol. The number of carbonyl (C=O) groups excluding carboxylic acids is 3. The zero-order chi connectivity index (χ0) is 12.1. The molecule has 5 heteroatoms. The lowest BCUT2D eigenvalue weighted by molar-refractivity contribution is -0.138. The van der Waals surface area contributed by atoms with Gasteiger partial charge in [0.05, 0.1) is 5.25 Å². The third-order valence-electron chi connectivity index (χ3n) is 2.72. The number of Topliss-reactive ketones (excluding diaryl/α,β-unsaturated/α-hetero) is 1. The quantitative estimate of drug-likeness (QED) is 0.659. The molecule has 4 nitrogen and oxygen atoms in total. The Kier molecular flexibility index (Phi) is 4.99. The predicted molar refractivity (Wildman–Crippen MR) is 63.2 cm³/mol. The highest BCUT2D eigenvalue weighted by molar-refractivity contribution is 8.00. The molecular formula is C11H17NO3S. The average Bonchev–Trinajstić information content (AvgIpc) is 2.55. The molecule has 0 N–H and O–H groups in total. The molecule has 0 bridgehead atoms. The molecule has 16 heavy (non-hydrogen) atoms. The van der Waals surface area contributed by atoms with Crippen molar-refractivity contribution in [3.8, 4) is 0 Å². The molecule has 0 spiro atoms. The Morgan fingerprint density at radius 2 is 2.19 bits per heavy atom. The van der Waals surface area contributed by atoms with Crippen LogP contribution in [0, 0.1) is 0 Å². The highest BCUT2D eigenvalue weighted by Crippen LogP contribution is 2.23. The summed E-state index contributed by atoms with van der Waals surface area (Å²) in [7, 11) is 0. The van der Waals surface area contributed by atoms with Crippen LogP contribution in [0.1, 0.15) is 32.6 Å². The smallest absolute Gasteiger partial charge is 0.242 e. The van der Waals surface area contributed by atoms with Gasteiger partial charge in [-0.05, 0) is 12.7 Å². The lowest BCUT2D eigenvalue weighted by atomic mass is 10.2. The van der Waals surface area contributed by atoms with E-state index in [-0.39, 0.29) is 22.8 Å². The Balaban J connectivity index is 2.40. The van der Waals surface area contributed by atoms with Crippen molar-refractivity contribution in [3.05, 3.63) is 0 Å². The summed E-state index contributed by atoms with van der Waals surface area (Å²) in [5, 5.41) is -0.214. The van der Waals surface area contributed by atoms with Gasteiger partial charge in [-0.15, -0.1) is 0 Å². The third kappa shape index (κ3) is 3.07. The van der Waals surface area contributed by atoms with Crippen LogP contribution < -0.4 is 0 Å². The molecule has 1 fully saturated rings. The van der Waals surface area contributed by atoms with Crippen LogP contribution in [0.15, 0.2) is 0 Å². The Bertz CT molecular complexity index is 304. The molecule has 1 unspecified atom stereocenters. The summed E-state index contributed by atoms with van der Waals surface area (Å²) in [5.41, 5.74) is 0. The first kappa shape index (κ1) is 13.2. The first-order valence-corrected chi connectivity index (χ1v) is 6.77. The molecule has 2 amide bonds. The first-order chi connectivity index (χ1) is 7.60. The monoisotopic (exact) mass is 243 g/mol. The fourth-order valence-corrected chi connectivity index (χ4v) is 2.32. The van der Waals surface area contributed by atoms with Crippen LogP contribution in [-0.2, 0) is 14.4 Å². The van der Waals surface area contributed by atoms with Crippen LogP contribution in [-0.4, -0.2) is 40.5 Å². The van der Waals surface area contributed by atoms with Gasteiger partial charge in [0.15, 0.2) is 0 Å². The van der Waals surface area contributed by atoms with E-state index in [1.807, 2.05) is 13.2 Å². The van der Waals surface area contributed by atoms with Crippen molar-refractivity contribution in [2.24, 2.45) is 0 Å². The third-order valence-corrected chi connectivity index (χ3v) is 3.66. The normalized spacial score (nSPS) is 20.6. The number of hydrogen-bond acceptors (Lipinski definition) is 4. The van der Waals surface area contributed by atoms with Crippen LogP contribution in [0.5, 0.6) is 0 Å². The molecule has 1 aliphatic heterocycles. The maximum absolute atomic E-state index is 11.7. The molecule has 1 atom stereocenters. The van der Waals surface area contributed by atoms with Gasteiger partial charge in [0, 0.05) is 25.8 Å². The molecule has 90 valence electrons. The van der Waals surface area contributed by atoms with E-state index in [9.17, 15) is 14.4 Å². The minimum absolute atomic E-state index is 0.0959. The van der Waals surface area contributed by atoms with Crippen molar-refractivity contribution in [2.45, 2.75) is 37.9 Å². The summed E-state index contributed by atoms with van der Waals surface area (Å²) in [5.74, 6) is -0.0183. The molecular weight excluding hydrogens is 226 g/mol. The van der Waals surface area contributed by atoms with E-state index >= 15 is 0 Å². The minimum Gasteiger partial charge on any atom is -0.300 e. The summed E-state index contributed by atoms with van der Waals surface area (Å²) in [4.78, 5) is 35.6. The van der Waals surface area contributed by atoms with Crippen molar-refractivity contribution in [1.29, 1.82) is 0 Å². The summed E-state index contributed by atoms with van der Waals surface area (Å²) in [6, 6.07) is 0. The van der Waals surface area contributed by atoms with Crippen LogP contribution in [0.2, 0.25) is 0 Å². The molecule has 0 aromatic rings. The number of thioether (sulfide) groups is 1. The highest BCUT2D eigenvalue weighted by atomic mass is 32.2. The molecule has 1 saturated heterocycles. The van der Waals surface area contributed by atoms with Gasteiger partial charge in [0.1, 0.15) is 5.78 Å². The van der Waals surface area contributed by atoms with Crippen LogP contribution in [0.25, 0.3) is 0 Å². The molecule has 0 radical (unpaired) electrons. The second-order valence-corrected chi connectivity index (χ2v) is 4.85. The number of likely N-dealkylation sites (tertiary alicyclic amines) is 1. The van der Waals surface area contributed by atoms with E-state index < -0.39 is 0 Å². The maximum Gasteiger partial charge on any atom is 0.242 e. The largest absolute Gasteiger partial charge is 0.300 e. The number of imide groups is 1. The van der Waals surface area contributed by atoms with Crippen molar-refractivity contribution in [1.82, 2.24) is 4.90 Å². The number of carbonyl (C=O) groups is 3. The van der Waals surface area contributed by atoms with Gasteiger partial charge >= 0.3 is 0 Å². The Hall–Kier alpha value is -0.840. The van der Waals surface area contributed by atoms with Gasteiger partial charge in [-0.3, -0.25) is 19.3 Å². The van der Waals surface area contributed by atoms with E-state index in [2.05, 4.69) is 0 Å². The van der Waals surface area contributed by atoms with Gasteiger partial charge < -0.3 is 0 Å². The molecule has 0 aliphatic carbocycles. The molecule has 0 aromatic carbocycles. The van der Waals surface area contributed by atoms with Gasteiger partial charge in [-0.1, -0.05) is 6.92 Å². The lowest BCUT2D eigenvalue weighted by Crippen LogP contribution is -2.32. The maximum atomic E-state index is 11.7. The summed E-state index contributed by atoms with van der Waals surface area (Å²) in [6.45, 7) is 2.21. The second-order valence-electron chi connectivity index (χ2n) is 3.81. The standard InChI is InChI=1S/C11H17NO3S/c1-3-8(13)5-4-6-12-10(14)7-9(16-2)11(12)15/h9H,3-7H2,1-2H3. The predicted octanol–water partition coefficient (Wildman–Crippen LogP) is 1.24. The molecule has 0 saturated carbocycles. The van der Waals surface area contributed by atoms with Crippen LogP contribution >= 0.6 is 11.8 Å². The summed E-state index contributed by atoms with van der Waals surface area (Å²) < 4.78 is 0. The highest BCUT2D eigenvalue weighted by Gasteiger charge is 2.37. The zero-order valence-electron chi connectivity index (χ0n) is 9.69. The molecule has 0 aromatic heterocycles. The fourth-order valence-electron chi connectivity index (χ4n) is 1.68. The lowest BCUT2D eigenvalue weighted by Gasteiger charge is -2.13. The number of hydrogen-bond donors (Lipinski definition) is 0. The van der Waals surface area contributed by atoms with E-state index in [1.54, 1.807) is 0 Å². The number of nitrogens with zero attached hydrogens (tertiary/aromatic N) is 1.